The molecule has 2 aliphatic rings. The van der Waals surface area contributed by atoms with Crippen LogP contribution in [-0.2, 0) is 11.3 Å². The minimum atomic E-state index is -0.251. The molecule has 0 bridgehead atoms. The van der Waals surface area contributed by atoms with Crippen LogP contribution >= 0.6 is 11.6 Å². The highest BCUT2D eigenvalue weighted by Crippen LogP contribution is 2.43. The average molecular weight is 374 g/mol. The topological polar surface area (TPSA) is 67.2 Å². The highest BCUT2D eigenvalue weighted by molar-refractivity contribution is 6.30. The number of halogens is 1. The lowest BCUT2D eigenvalue weighted by atomic mass is 9.67. The van der Waals surface area contributed by atoms with E-state index in [-0.39, 0.29) is 11.3 Å². The molecule has 0 unspecified atom stereocenters. The fourth-order valence-electron chi connectivity index (χ4n) is 4.42. The van der Waals surface area contributed by atoms with Crippen LogP contribution in [-0.4, -0.2) is 24.0 Å². The second-order valence-electron chi connectivity index (χ2n) is 7.44. The molecule has 1 saturated carbocycles. The fraction of sp³-hybridized carbons (Fsp3) is 0.500. The lowest BCUT2D eigenvalue weighted by Gasteiger charge is -2.36. The van der Waals surface area contributed by atoms with Gasteiger partial charge in [0.2, 0.25) is 11.8 Å². The van der Waals surface area contributed by atoms with Crippen LogP contribution in [0.3, 0.4) is 0 Å². The van der Waals surface area contributed by atoms with Crippen molar-refractivity contribution in [2.24, 2.45) is 11.3 Å². The maximum Gasteiger partial charge on any atom is 0.228 e. The molecule has 2 N–H and O–H groups in total. The van der Waals surface area contributed by atoms with Gasteiger partial charge in [-0.05, 0) is 56.5 Å². The summed E-state index contributed by atoms with van der Waals surface area (Å²) in [6.07, 6.45) is 4.46. The van der Waals surface area contributed by atoms with Crippen molar-refractivity contribution in [3.63, 3.8) is 0 Å². The Labute approximate surface area is 158 Å². The van der Waals surface area contributed by atoms with Crippen LogP contribution in [0.1, 0.15) is 37.3 Å². The minimum Gasteiger partial charge on any atom is -0.438 e. The van der Waals surface area contributed by atoms with E-state index in [0.29, 0.717) is 23.4 Å². The number of amides is 1. The number of hydrogen-bond acceptors (Lipinski definition) is 4. The van der Waals surface area contributed by atoms with Gasteiger partial charge >= 0.3 is 0 Å². The second kappa shape index (κ2) is 7.05. The van der Waals surface area contributed by atoms with E-state index in [9.17, 15) is 4.79 Å². The standard InChI is InChI=1S/C20H24ClN3O2/c1-13-18(14-5-7-16(21)8-6-14)26-17(24-13)11-23-19(25)20-9-3-2-4-15(20)10-22-12-20/h5-8,15,22H,2-4,9-12H2,1H3,(H,23,25)/t15-,20+/m0/s1. The van der Waals surface area contributed by atoms with Crippen LogP contribution in [0.15, 0.2) is 28.7 Å². The number of carbonyl (C=O) groups is 1. The van der Waals surface area contributed by atoms with Gasteiger partial charge < -0.3 is 15.1 Å². The van der Waals surface area contributed by atoms with Crippen molar-refractivity contribution in [1.29, 1.82) is 0 Å². The zero-order valence-electron chi connectivity index (χ0n) is 15.0. The van der Waals surface area contributed by atoms with E-state index in [1.54, 1.807) is 0 Å². The van der Waals surface area contributed by atoms with Crippen molar-refractivity contribution in [2.75, 3.05) is 13.1 Å². The summed E-state index contributed by atoms with van der Waals surface area (Å²) in [5, 5.41) is 7.17. The second-order valence-corrected chi connectivity index (χ2v) is 7.88. The highest BCUT2D eigenvalue weighted by Gasteiger charge is 2.49. The third kappa shape index (κ3) is 3.14. The van der Waals surface area contributed by atoms with Gasteiger partial charge in [0.25, 0.3) is 0 Å². The summed E-state index contributed by atoms with van der Waals surface area (Å²) in [6, 6.07) is 7.48. The molecule has 2 heterocycles. The summed E-state index contributed by atoms with van der Waals surface area (Å²) in [5.74, 6) is 1.85. The fourth-order valence-corrected chi connectivity index (χ4v) is 4.55. The number of nitrogens with zero attached hydrogens (tertiary/aromatic N) is 1. The van der Waals surface area contributed by atoms with Gasteiger partial charge in [-0.25, -0.2) is 4.98 Å². The molecule has 138 valence electrons. The number of hydrogen-bond donors (Lipinski definition) is 2. The molecule has 1 aliphatic carbocycles. The first-order chi connectivity index (χ1) is 12.6. The predicted molar refractivity (Wildman–Crippen MR) is 101 cm³/mol. The van der Waals surface area contributed by atoms with Crippen LogP contribution in [0.5, 0.6) is 0 Å². The molecule has 1 aromatic heterocycles. The molecule has 2 fully saturated rings. The molecule has 6 heteroatoms. The molecule has 5 nitrogen and oxygen atoms in total. The molecule has 1 saturated heterocycles. The molecule has 1 aromatic carbocycles. The summed E-state index contributed by atoms with van der Waals surface area (Å²) >= 11 is 5.95. The minimum absolute atomic E-state index is 0.135. The van der Waals surface area contributed by atoms with Crippen LogP contribution in [0.4, 0.5) is 0 Å². The van der Waals surface area contributed by atoms with Crippen molar-refractivity contribution in [2.45, 2.75) is 39.2 Å². The van der Waals surface area contributed by atoms with Gasteiger partial charge in [-0.1, -0.05) is 24.4 Å². The Morgan fingerprint density at radius 3 is 3.00 bits per heavy atom. The van der Waals surface area contributed by atoms with Crippen molar-refractivity contribution in [1.82, 2.24) is 15.6 Å². The van der Waals surface area contributed by atoms with E-state index in [4.69, 9.17) is 16.0 Å². The number of benzene rings is 1. The third-order valence-electron chi connectivity index (χ3n) is 5.84. The average Bonchev–Trinajstić information content (AvgIpc) is 3.24. The Hall–Kier alpha value is -1.85. The molecule has 0 radical (unpaired) electrons. The van der Waals surface area contributed by atoms with Gasteiger partial charge in [-0.15, -0.1) is 0 Å². The number of oxazole rings is 1. The van der Waals surface area contributed by atoms with Gasteiger partial charge in [-0.2, -0.15) is 0 Å². The summed E-state index contributed by atoms with van der Waals surface area (Å²) in [4.78, 5) is 17.4. The van der Waals surface area contributed by atoms with Gasteiger partial charge in [-0.3, -0.25) is 4.79 Å². The van der Waals surface area contributed by atoms with E-state index in [0.717, 1.165) is 49.4 Å². The molecule has 2 aromatic rings. The van der Waals surface area contributed by atoms with Crippen LogP contribution in [0.25, 0.3) is 11.3 Å². The van der Waals surface area contributed by atoms with Gasteiger partial charge in [0.15, 0.2) is 5.76 Å². The van der Waals surface area contributed by atoms with Crippen molar-refractivity contribution < 1.29 is 9.21 Å². The molecule has 0 spiro atoms. The first-order valence-corrected chi connectivity index (χ1v) is 9.67. The van der Waals surface area contributed by atoms with Crippen LogP contribution < -0.4 is 10.6 Å². The van der Waals surface area contributed by atoms with E-state index >= 15 is 0 Å². The molecular formula is C20H24ClN3O2. The number of rotatable bonds is 4. The van der Waals surface area contributed by atoms with Gasteiger partial charge in [0, 0.05) is 17.1 Å². The van der Waals surface area contributed by atoms with Crippen molar-refractivity contribution in [3.8, 4) is 11.3 Å². The zero-order chi connectivity index (χ0) is 18.1. The third-order valence-corrected chi connectivity index (χ3v) is 6.09. The molecule has 2 atom stereocenters. The summed E-state index contributed by atoms with van der Waals surface area (Å²) in [5.41, 5.74) is 1.49. The number of fused-ring (bicyclic) bond motifs is 1. The first-order valence-electron chi connectivity index (χ1n) is 9.30. The Morgan fingerprint density at radius 2 is 2.19 bits per heavy atom. The maximum absolute atomic E-state index is 12.9. The quantitative estimate of drug-likeness (QED) is 0.857. The number of aryl methyl sites for hydroxylation is 1. The van der Waals surface area contributed by atoms with Crippen LogP contribution in [0, 0.1) is 18.3 Å². The lowest BCUT2D eigenvalue weighted by Crippen LogP contribution is -2.47. The van der Waals surface area contributed by atoms with E-state index < -0.39 is 0 Å². The molecule has 1 aliphatic heterocycles. The lowest BCUT2D eigenvalue weighted by molar-refractivity contribution is -0.134. The zero-order valence-corrected chi connectivity index (χ0v) is 15.7. The number of aromatic nitrogens is 1. The van der Waals surface area contributed by atoms with Crippen molar-refractivity contribution >= 4 is 17.5 Å². The SMILES string of the molecule is Cc1nc(CNC(=O)[C@@]23CCCC[C@H]2CNC3)oc1-c1ccc(Cl)cc1. The van der Waals surface area contributed by atoms with E-state index in [2.05, 4.69) is 15.6 Å². The molecule has 1 amide bonds. The Balaban J connectivity index is 1.46. The molecular weight excluding hydrogens is 350 g/mol. The highest BCUT2D eigenvalue weighted by atomic mass is 35.5. The van der Waals surface area contributed by atoms with Gasteiger partial charge in [0.05, 0.1) is 17.7 Å². The van der Waals surface area contributed by atoms with Crippen LogP contribution in [0.2, 0.25) is 5.02 Å². The Bertz CT molecular complexity index is 802. The normalized spacial score (nSPS) is 25.1. The number of carbonyl (C=O) groups excluding carboxylic acids is 1. The number of nitrogens with one attached hydrogen (secondary N) is 2. The largest absolute Gasteiger partial charge is 0.438 e. The Kier molecular flexibility index (Phi) is 4.76. The summed E-state index contributed by atoms with van der Waals surface area (Å²) in [7, 11) is 0. The van der Waals surface area contributed by atoms with E-state index in [1.807, 2.05) is 31.2 Å². The molecule has 4 rings (SSSR count). The predicted octanol–water partition coefficient (Wildman–Crippen LogP) is 3.70. The summed E-state index contributed by atoms with van der Waals surface area (Å²) in [6.45, 7) is 3.97. The molecule has 26 heavy (non-hydrogen) atoms. The maximum atomic E-state index is 12.9. The smallest absolute Gasteiger partial charge is 0.228 e. The van der Waals surface area contributed by atoms with Crippen molar-refractivity contribution in [3.05, 3.63) is 40.9 Å². The summed E-state index contributed by atoms with van der Waals surface area (Å²) < 4.78 is 5.90. The first kappa shape index (κ1) is 17.6. The Morgan fingerprint density at radius 1 is 1.38 bits per heavy atom. The van der Waals surface area contributed by atoms with E-state index in [1.165, 1.54) is 6.42 Å². The monoisotopic (exact) mass is 373 g/mol. The van der Waals surface area contributed by atoms with Gasteiger partial charge in [0.1, 0.15) is 0 Å².